The van der Waals surface area contributed by atoms with Crippen molar-refractivity contribution in [3.05, 3.63) is 28.9 Å². The van der Waals surface area contributed by atoms with Crippen LogP contribution < -0.4 is 4.74 Å². The van der Waals surface area contributed by atoms with Crippen molar-refractivity contribution in [3.8, 4) is 5.88 Å². The normalized spacial score (nSPS) is 17.2. The molecule has 1 fully saturated rings. The van der Waals surface area contributed by atoms with Gasteiger partial charge >= 0.3 is 0 Å². The highest BCUT2D eigenvalue weighted by atomic mass is 79.9. The van der Waals surface area contributed by atoms with Crippen LogP contribution >= 0.6 is 15.9 Å². The molecule has 0 atom stereocenters. The molecule has 7 heteroatoms. The number of aryl methyl sites for hydroxylation is 1. The van der Waals surface area contributed by atoms with E-state index in [1.165, 1.54) is 0 Å². The summed E-state index contributed by atoms with van der Waals surface area (Å²) in [6, 6.07) is 1.95. The van der Waals surface area contributed by atoms with E-state index in [1.807, 2.05) is 31.3 Å². The Labute approximate surface area is 164 Å². The van der Waals surface area contributed by atoms with E-state index >= 15 is 0 Å². The third-order valence-electron chi connectivity index (χ3n) is 4.17. The smallest absolute Gasteiger partial charge is 0.228 e. The Balaban J connectivity index is 1.96. The van der Waals surface area contributed by atoms with Gasteiger partial charge in [-0.3, -0.25) is 0 Å². The van der Waals surface area contributed by atoms with E-state index in [4.69, 9.17) is 9.57 Å². The predicted molar refractivity (Wildman–Crippen MR) is 110 cm³/mol. The summed E-state index contributed by atoms with van der Waals surface area (Å²) in [6.07, 6.45) is 7.21. The molecule has 0 aromatic carbocycles. The monoisotopic (exact) mass is 422 g/mol. The van der Waals surface area contributed by atoms with Gasteiger partial charge in [0, 0.05) is 13.6 Å². The maximum absolute atomic E-state index is 6.11. The number of oxime groups is 1. The van der Waals surface area contributed by atoms with E-state index in [0.717, 1.165) is 53.8 Å². The second kappa shape index (κ2) is 10.3. The molecule has 0 unspecified atom stereocenters. The van der Waals surface area contributed by atoms with Crippen molar-refractivity contribution in [2.75, 3.05) is 20.2 Å². The van der Waals surface area contributed by atoms with Gasteiger partial charge in [-0.2, -0.15) is 0 Å². The molecule has 0 radical (unpaired) electrons. The summed E-state index contributed by atoms with van der Waals surface area (Å²) >= 11 is 3.56. The summed E-state index contributed by atoms with van der Waals surface area (Å²) in [5.74, 6) is 0.624. The molecular formula is C19H27BrN4O2. The van der Waals surface area contributed by atoms with Gasteiger partial charge in [-0.15, -0.1) is 0 Å². The van der Waals surface area contributed by atoms with E-state index in [-0.39, 0.29) is 6.10 Å². The van der Waals surface area contributed by atoms with Crippen molar-refractivity contribution >= 4 is 33.7 Å². The zero-order valence-electron chi connectivity index (χ0n) is 15.7. The van der Waals surface area contributed by atoms with Crippen LogP contribution in [0.4, 0.5) is 5.69 Å². The molecule has 1 saturated carbocycles. The highest BCUT2D eigenvalue weighted by Crippen LogP contribution is 2.32. The van der Waals surface area contributed by atoms with Crippen molar-refractivity contribution in [3.63, 3.8) is 0 Å². The Morgan fingerprint density at radius 1 is 1.42 bits per heavy atom. The second-order valence-corrected chi connectivity index (χ2v) is 7.11. The lowest BCUT2D eigenvalue weighted by Gasteiger charge is -2.24. The minimum atomic E-state index is 0.136. The molecule has 1 aliphatic carbocycles. The van der Waals surface area contributed by atoms with Gasteiger partial charge in [0.2, 0.25) is 5.88 Å². The number of rotatable bonds is 8. The van der Waals surface area contributed by atoms with Gasteiger partial charge in [-0.05, 0) is 61.5 Å². The number of pyridine rings is 1. The van der Waals surface area contributed by atoms with Crippen molar-refractivity contribution in [1.29, 1.82) is 0 Å². The zero-order chi connectivity index (χ0) is 18.9. The number of aromatic nitrogens is 1. The summed E-state index contributed by atoms with van der Waals surface area (Å²) in [5.41, 5.74) is 2.77. The van der Waals surface area contributed by atoms with E-state index in [2.05, 4.69) is 44.6 Å². The average Bonchev–Trinajstić information content (AvgIpc) is 2.64. The Morgan fingerprint density at radius 2 is 2.15 bits per heavy atom. The quantitative estimate of drug-likeness (QED) is 0.201. The van der Waals surface area contributed by atoms with Gasteiger partial charge in [0.15, 0.2) is 0 Å². The maximum Gasteiger partial charge on any atom is 0.228 e. The molecule has 0 saturated heterocycles. The van der Waals surface area contributed by atoms with Crippen LogP contribution in [0.25, 0.3) is 0 Å². The fourth-order valence-corrected chi connectivity index (χ4v) is 2.88. The standard InChI is InChI=1S/C19H27BrN4O2/c1-5-11-25-23-15-7-9-16(10-8-15)26-19-17(20)12-18(14(3)22-19)21-13-24(4)6-2/h5,12-13,16H,1,6-11H2,2-4H3. The van der Waals surface area contributed by atoms with Crippen LogP contribution in [0.2, 0.25) is 0 Å². The number of aliphatic imine (C=N–C) groups is 1. The summed E-state index contributed by atoms with van der Waals surface area (Å²) in [6.45, 7) is 8.99. The first-order valence-electron chi connectivity index (χ1n) is 8.90. The first kappa shape index (κ1) is 20.4. The summed E-state index contributed by atoms with van der Waals surface area (Å²) in [7, 11) is 1.99. The highest BCUT2D eigenvalue weighted by molar-refractivity contribution is 9.10. The molecule has 142 valence electrons. The first-order chi connectivity index (χ1) is 12.5. The predicted octanol–water partition coefficient (Wildman–Crippen LogP) is 4.64. The Bertz CT molecular complexity index is 666. The lowest BCUT2D eigenvalue weighted by Crippen LogP contribution is -2.25. The lowest BCUT2D eigenvalue weighted by atomic mass is 9.96. The average molecular weight is 423 g/mol. The molecule has 2 rings (SSSR count). The molecule has 1 aromatic rings. The van der Waals surface area contributed by atoms with Crippen LogP contribution in [0, 0.1) is 6.92 Å². The SMILES string of the molecule is C=CCON=C1CCC(Oc2nc(C)c(N=CN(C)CC)cc2Br)CC1. The van der Waals surface area contributed by atoms with Crippen molar-refractivity contribution in [1.82, 2.24) is 9.88 Å². The molecule has 1 aliphatic rings. The van der Waals surface area contributed by atoms with Crippen molar-refractivity contribution in [2.24, 2.45) is 10.1 Å². The van der Waals surface area contributed by atoms with Crippen molar-refractivity contribution < 1.29 is 9.57 Å². The molecule has 0 spiro atoms. The Hall–Kier alpha value is -1.89. The van der Waals surface area contributed by atoms with Crippen LogP contribution in [0.1, 0.15) is 38.3 Å². The van der Waals surface area contributed by atoms with E-state index in [0.29, 0.717) is 12.5 Å². The van der Waals surface area contributed by atoms with Gasteiger partial charge in [-0.25, -0.2) is 9.98 Å². The molecule has 1 aromatic heterocycles. The summed E-state index contributed by atoms with van der Waals surface area (Å²) < 4.78 is 6.93. The second-order valence-electron chi connectivity index (χ2n) is 6.26. The van der Waals surface area contributed by atoms with Crippen LogP contribution in [0.15, 0.2) is 33.3 Å². The third kappa shape index (κ3) is 6.12. The van der Waals surface area contributed by atoms with Gasteiger partial charge in [0.05, 0.1) is 27.9 Å². The van der Waals surface area contributed by atoms with Gasteiger partial charge in [0.25, 0.3) is 0 Å². The Kier molecular flexibility index (Phi) is 8.09. The van der Waals surface area contributed by atoms with Crippen molar-refractivity contribution in [2.45, 2.75) is 45.6 Å². The summed E-state index contributed by atoms with van der Waals surface area (Å²) in [5, 5.41) is 4.14. The molecule has 1 heterocycles. The molecule has 0 aliphatic heterocycles. The van der Waals surface area contributed by atoms with Gasteiger partial charge < -0.3 is 14.5 Å². The molecule has 0 amide bonds. The van der Waals surface area contributed by atoms with Gasteiger partial charge in [-0.1, -0.05) is 17.8 Å². The Morgan fingerprint density at radius 3 is 2.81 bits per heavy atom. The number of halogens is 1. The molecule has 6 nitrogen and oxygen atoms in total. The largest absolute Gasteiger partial charge is 0.474 e. The van der Waals surface area contributed by atoms with E-state index in [9.17, 15) is 0 Å². The zero-order valence-corrected chi connectivity index (χ0v) is 17.3. The third-order valence-corrected chi connectivity index (χ3v) is 4.74. The summed E-state index contributed by atoms with van der Waals surface area (Å²) in [4.78, 5) is 16.2. The minimum Gasteiger partial charge on any atom is -0.474 e. The fraction of sp³-hybridized carbons (Fsp3) is 0.526. The van der Waals surface area contributed by atoms with E-state index in [1.54, 1.807) is 6.08 Å². The molecule has 26 heavy (non-hydrogen) atoms. The van der Waals surface area contributed by atoms with Gasteiger partial charge in [0.1, 0.15) is 12.7 Å². The highest BCUT2D eigenvalue weighted by Gasteiger charge is 2.21. The minimum absolute atomic E-state index is 0.136. The molecule has 0 N–H and O–H groups in total. The van der Waals surface area contributed by atoms with Crippen LogP contribution in [0.5, 0.6) is 5.88 Å². The number of hydrogen-bond donors (Lipinski definition) is 0. The number of ether oxygens (including phenoxy) is 1. The van der Waals surface area contributed by atoms with Crippen LogP contribution in [0.3, 0.4) is 0 Å². The lowest BCUT2D eigenvalue weighted by molar-refractivity contribution is 0.156. The fourth-order valence-electron chi connectivity index (χ4n) is 2.48. The van der Waals surface area contributed by atoms with E-state index < -0.39 is 0 Å². The number of nitrogens with zero attached hydrogens (tertiary/aromatic N) is 4. The molecule has 0 bridgehead atoms. The van der Waals surface area contributed by atoms with Crippen LogP contribution in [-0.2, 0) is 4.84 Å². The molecular weight excluding hydrogens is 396 g/mol. The number of hydrogen-bond acceptors (Lipinski definition) is 5. The van der Waals surface area contributed by atoms with Crippen LogP contribution in [-0.4, -0.2) is 48.2 Å². The maximum atomic E-state index is 6.11. The topological polar surface area (TPSA) is 59.3 Å². The first-order valence-corrected chi connectivity index (χ1v) is 9.69.